The molecule has 2 aromatic heterocycles. The molecule has 3 rings (SSSR count). The smallest absolute Gasteiger partial charge is 0.243 e. The van der Waals surface area contributed by atoms with Crippen LogP contribution in [0.15, 0.2) is 35.6 Å². The summed E-state index contributed by atoms with van der Waals surface area (Å²) in [5.41, 5.74) is 0.820. The van der Waals surface area contributed by atoms with Crippen molar-refractivity contribution in [2.75, 3.05) is 31.9 Å². The summed E-state index contributed by atoms with van der Waals surface area (Å²) in [4.78, 5) is 12.2. The Morgan fingerprint density at radius 3 is 2.79 bits per heavy atom. The number of amides is 1. The van der Waals surface area contributed by atoms with E-state index in [9.17, 15) is 9.18 Å². The third-order valence-electron chi connectivity index (χ3n) is 3.95. The summed E-state index contributed by atoms with van der Waals surface area (Å²) in [6, 6.07) is 6.01. The lowest BCUT2D eigenvalue weighted by molar-refractivity contribution is -0.113. The van der Waals surface area contributed by atoms with Gasteiger partial charge in [0, 0.05) is 20.4 Å². The molecule has 0 aliphatic rings. The van der Waals surface area contributed by atoms with Gasteiger partial charge in [-0.2, -0.15) is 0 Å². The summed E-state index contributed by atoms with van der Waals surface area (Å²) in [6.07, 6.45) is 1.78. The molecule has 0 aliphatic heterocycles. The number of carbonyl (C=O) groups is 1. The number of thioether (sulfide) groups is 1. The molecule has 1 N–H and O–H groups in total. The van der Waals surface area contributed by atoms with Gasteiger partial charge in [0.1, 0.15) is 11.4 Å². The van der Waals surface area contributed by atoms with E-state index in [1.54, 1.807) is 37.2 Å². The van der Waals surface area contributed by atoms with E-state index in [4.69, 9.17) is 9.47 Å². The lowest BCUT2D eigenvalue weighted by atomic mass is 10.3. The minimum Gasteiger partial charge on any atom is -0.479 e. The molecular formula is C18H21FN6O3S. The average Bonchev–Trinajstić information content (AvgIpc) is 3.28. The second-order valence-electron chi connectivity index (χ2n) is 5.99. The van der Waals surface area contributed by atoms with Crippen molar-refractivity contribution >= 4 is 23.4 Å². The number of para-hydroxylation sites is 1. The van der Waals surface area contributed by atoms with E-state index in [0.717, 1.165) is 0 Å². The summed E-state index contributed by atoms with van der Waals surface area (Å²) >= 11 is 1.20. The number of nitrogens with zero attached hydrogens (tertiary/aromatic N) is 5. The molecule has 29 heavy (non-hydrogen) atoms. The fourth-order valence-electron chi connectivity index (χ4n) is 2.63. The highest BCUT2D eigenvalue weighted by Crippen LogP contribution is 2.30. The van der Waals surface area contributed by atoms with Gasteiger partial charge in [0.2, 0.25) is 11.8 Å². The Morgan fingerprint density at radius 1 is 1.28 bits per heavy atom. The highest BCUT2D eigenvalue weighted by atomic mass is 32.2. The summed E-state index contributed by atoms with van der Waals surface area (Å²) < 4.78 is 27.7. The zero-order valence-electron chi connectivity index (χ0n) is 16.3. The zero-order valence-corrected chi connectivity index (χ0v) is 17.1. The maximum absolute atomic E-state index is 13.7. The van der Waals surface area contributed by atoms with Gasteiger partial charge in [-0.3, -0.25) is 14.0 Å². The first-order valence-electron chi connectivity index (χ1n) is 8.70. The fraction of sp³-hybridized carbons (Fsp3) is 0.333. The Hall–Kier alpha value is -2.92. The summed E-state index contributed by atoms with van der Waals surface area (Å²) in [5.74, 6) is 0.197. The molecule has 0 aliphatic carbocycles. The van der Waals surface area contributed by atoms with Gasteiger partial charge in [0.25, 0.3) is 0 Å². The van der Waals surface area contributed by atoms with Crippen LogP contribution in [0.4, 0.5) is 10.1 Å². The maximum atomic E-state index is 13.7. The van der Waals surface area contributed by atoms with Crippen LogP contribution in [0.5, 0.6) is 5.88 Å². The summed E-state index contributed by atoms with van der Waals surface area (Å²) in [6.45, 7) is 0.913. The van der Waals surface area contributed by atoms with Crippen LogP contribution >= 0.6 is 11.8 Å². The first kappa shape index (κ1) is 20.8. The third-order valence-corrected chi connectivity index (χ3v) is 4.91. The SMILES string of the molecule is COCCn1c(SCC(=O)Nc2ccccc2F)nnc1-c1cn(C)nc1OC. The van der Waals surface area contributed by atoms with Crippen molar-refractivity contribution in [3.63, 3.8) is 0 Å². The number of nitrogens with one attached hydrogen (secondary N) is 1. The number of anilines is 1. The van der Waals surface area contributed by atoms with Crippen molar-refractivity contribution in [1.29, 1.82) is 0 Å². The van der Waals surface area contributed by atoms with Crippen LogP contribution in [0.1, 0.15) is 0 Å². The monoisotopic (exact) mass is 420 g/mol. The molecule has 0 atom stereocenters. The average molecular weight is 420 g/mol. The van der Waals surface area contributed by atoms with Crippen molar-refractivity contribution in [3.05, 3.63) is 36.3 Å². The van der Waals surface area contributed by atoms with Crippen molar-refractivity contribution < 1.29 is 18.7 Å². The molecule has 0 fully saturated rings. The summed E-state index contributed by atoms with van der Waals surface area (Å²) in [7, 11) is 4.92. The Kier molecular flexibility index (Phi) is 6.83. The molecule has 0 radical (unpaired) electrons. The maximum Gasteiger partial charge on any atom is 0.243 e. The van der Waals surface area contributed by atoms with Gasteiger partial charge < -0.3 is 14.8 Å². The van der Waals surface area contributed by atoms with Crippen LogP contribution in [0, 0.1) is 5.82 Å². The van der Waals surface area contributed by atoms with E-state index >= 15 is 0 Å². The molecule has 0 spiro atoms. The second-order valence-corrected chi connectivity index (χ2v) is 6.94. The number of aromatic nitrogens is 5. The Labute approximate surface area is 171 Å². The van der Waals surface area contributed by atoms with Gasteiger partial charge in [0.05, 0.1) is 31.7 Å². The molecule has 1 aromatic carbocycles. The van der Waals surface area contributed by atoms with Crippen LogP contribution in [-0.4, -0.2) is 57.0 Å². The van der Waals surface area contributed by atoms with E-state index < -0.39 is 5.82 Å². The molecule has 0 unspecified atom stereocenters. The van der Waals surface area contributed by atoms with E-state index in [1.807, 2.05) is 4.57 Å². The number of carbonyl (C=O) groups excluding carboxylic acids is 1. The van der Waals surface area contributed by atoms with E-state index in [0.29, 0.717) is 35.6 Å². The number of aryl methyl sites for hydroxylation is 1. The number of rotatable bonds is 9. The van der Waals surface area contributed by atoms with Crippen LogP contribution in [0.25, 0.3) is 11.4 Å². The standard InChI is InChI=1S/C18H21FN6O3S/c1-24-10-12(17(23-24)28-3)16-21-22-18(25(16)8-9-27-2)29-11-15(26)20-14-7-5-4-6-13(14)19/h4-7,10H,8-9,11H2,1-3H3,(H,20,26). The molecule has 0 bridgehead atoms. The number of hydrogen-bond donors (Lipinski definition) is 1. The normalized spacial score (nSPS) is 10.9. The van der Waals surface area contributed by atoms with Gasteiger partial charge >= 0.3 is 0 Å². The predicted octanol–water partition coefficient (Wildman–Crippen LogP) is 2.20. The van der Waals surface area contributed by atoms with Crippen LogP contribution in [-0.2, 0) is 23.1 Å². The first-order chi connectivity index (χ1) is 14.0. The molecule has 3 aromatic rings. The van der Waals surface area contributed by atoms with E-state index in [2.05, 4.69) is 20.6 Å². The van der Waals surface area contributed by atoms with Gasteiger partial charge in [-0.25, -0.2) is 4.39 Å². The molecule has 9 nitrogen and oxygen atoms in total. The van der Waals surface area contributed by atoms with E-state index in [-0.39, 0.29) is 17.3 Å². The number of hydrogen-bond acceptors (Lipinski definition) is 7. The van der Waals surface area contributed by atoms with Gasteiger partial charge in [-0.1, -0.05) is 23.9 Å². The minimum atomic E-state index is -0.486. The molecule has 1 amide bonds. The zero-order chi connectivity index (χ0) is 20.8. The Bertz CT molecular complexity index is 990. The number of methoxy groups -OCH3 is 2. The Balaban J connectivity index is 1.77. The highest BCUT2D eigenvalue weighted by Gasteiger charge is 2.21. The largest absolute Gasteiger partial charge is 0.479 e. The van der Waals surface area contributed by atoms with Gasteiger partial charge in [-0.15, -0.1) is 15.3 Å². The molecule has 0 saturated carbocycles. The quantitative estimate of drug-likeness (QED) is 0.530. The minimum absolute atomic E-state index is 0.0453. The third kappa shape index (κ3) is 4.93. The lowest BCUT2D eigenvalue weighted by Gasteiger charge is -2.10. The molecule has 0 saturated heterocycles. The molecule has 2 heterocycles. The van der Waals surface area contributed by atoms with Crippen LogP contribution in [0.2, 0.25) is 0 Å². The molecule has 11 heteroatoms. The fourth-order valence-corrected chi connectivity index (χ4v) is 3.39. The number of halogens is 1. The van der Waals surface area contributed by atoms with Crippen molar-refractivity contribution in [2.45, 2.75) is 11.7 Å². The van der Waals surface area contributed by atoms with Crippen molar-refractivity contribution in [3.8, 4) is 17.3 Å². The topological polar surface area (TPSA) is 96.1 Å². The van der Waals surface area contributed by atoms with Gasteiger partial charge in [0.15, 0.2) is 11.0 Å². The molecule has 154 valence electrons. The number of benzene rings is 1. The summed E-state index contributed by atoms with van der Waals surface area (Å²) in [5, 5.41) is 15.8. The highest BCUT2D eigenvalue weighted by molar-refractivity contribution is 7.99. The lowest BCUT2D eigenvalue weighted by Crippen LogP contribution is -2.16. The predicted molar refractivity (Wildman–Crippen MR) is 106 cm³/mol. The van der Waals surface area contributed by atoms with Crippen LogP contribution in [0.3, 0.4) is 0 Å². The van der Waals surface area contributed by atoms with E-state index in [1.165, 1.54) is 31.0 Å². The second kappa shape index (κ2) is 9.52. The van der Waals surface area contributed by atoms with Crippen molar-refractivity contribution in [1.82, 2.24) is 24.5 Å². The Morgan fingerprint density at radius 2 is 2.07 bits per heavy atom. The number of ether oxygens (including phenoxy) is 2. The molecular weight excluding hydrogens is 399 g/mol. The van der Waals surface area contributed by atoms with Crippen LogP contribution < -0.4 is 10.1 Å². The van der Waals surface area contributed by atoms with Crippen molar-refractivity contribution in [2.24, 2.45) is 7.05 Å². The first-order valence-corrected chi connectivity index (χ1v) is 9.69. The van der Waals surface area contributed by atoms with Gasteiger partial charge in [-0.05, 0) is 12.1 Å².